The fraction of sp³-hybridized carbons (Fsp3) is 0.429. The maximum Gasteiger partial charge on any atom is 0.338 e. The fourth-order valence-corrected chi connectivity index (χ4v) is 1.43. The molecule has 0 heterocycles. The molecule has 0 bridgehead atoms. The average molecular weight is 234 g/mol. The van der Waals surface area contributed by atoms with Gasteiger partial charge >= 0.3 is 5.97 Å². The first-order chi connectivity index (χ1) is 7.86. The molecule has 3 heteroatoms. The van der Waals surface area contributed by atoms with Crippen LogP contribution in [0.3, 0.4) is 0 Å². The molecule has 0 saturated carbocycles. The van der Waals surface area contributed by atoms with E-state index in [2.05, 4.69) is 0 Å². The Balaban J connectivity index is 3.02. The number of ether oxygens (including phenoxy) is 1. The van der Waals surface area contributed by atoms with E-state index >= 15 is 0 Å². The standard InChI is InChI=1S/C14H18O3/c1-5-17-13(16)11-8-6-7-10(9-11)12(15)14(2,3)4/h6-9H,5H2,1-4H3. The van der Waals surface area contributed by atoms with Gasteiger partial charge in [-0.05, 0) is 19.1 Å². The van der Waals surface area contributed by atoms with Gasteiger partial charge in [0.05, 0.1) is 12.2 Å². The lowest BCUT2D eigenvalue weighted by Crippen LogP contribution is -2.20. The van der Waals surface area contributed by atoms with Gasteiger partial charge < -0.3 is 4.74 Å². The first-order valence-corrected chi connectivity index (χ1v) is 5.68. The lowest BCUT2D eigenvalue weighted by Gasteiger charge is -2.16. The Morgan fingerprint density at radius 3 is 2.29 bits per heavy atom. The first-order valence-electron chi connectivity index (χ1n) is 5.68. The SMILES string of the molecule is CCOC(=O)c1cccc(C(=O)C(C)(C)C)c1. The highest BCUT2D eigenvalue weighted by atomic mass is 16.5. The summed E-state index contributed by atoms with van der Waals surface area (Å²) in [5.74, 6) is -0.375. The minimum absolute atomic E-state index is 0.0173. The summed E-state index contributed by atoms with van der Waals surface area (Å²) in [5.41, 5.74) is 0.512. The number of esters is 1. The van der Waals surface area contributed by atoms with Crippen molar-refractivity contribution in [1.82, 2.24) is 0 Å². The number of Topliss-reactive ketones (excluding diaryl/α,β-unsaturated/α-hetero) is 1. The van der Waals surface area contributed by atoms with Crippen molar-refractivity contribution in [3.63, 3.8) is 0 Å². The predicted molar refractivity (Wildman–Crippen MR) is 66.2 cm³/mol. The molecule has 0 amide bonds. The number of carbonyl (C=O) groups is 2. The van der Waals surface area contributed by atoms with Crippen molar-refractivity contribution in [3.8, 4) is 0 Å². The summed E-state index contributed by atoms with van der Waals surface area (Å²) in [5, 5.41) is 0. The van der Waals surface area contributed by atoms with E-state index in [0.29, 0.717) is 17.7 Å². The molecule has 1 aromatic rings. The second kappa shape index (κ2) is 5.13. The molecule has 0 unspecified atom stereocenters. The molecule has 0 aliphatic rings. The van der Waals surface area contributed by atoms with Crippen molar-refractivity contribution in [1.29, 1.82) is 0 Å². The second-order valence-corrected chi connectivity index (χ2v) is 4.88. The van der Waals surface area contributed by atoms with Crippen molar-refractivity contribution < 1.29 is 14.3 Å². The van der Waals surface area contributed by atoms with E-state index in [1.165, 1.54) is 0 Å². The van der Waals surface area contributed by atoms with Crippen LogP contribution in [0.5, 0.6) is 0 Å². The Morgan fingerprint density at radius 2 is 1.76 bits per heavy atom. The summed E-state index contributed by atoms with van der Waals surface area (Å²) in [4.78, 5) is 23.6. The molecule has 92 valence electrons. The van der Waals surface area contributed by atoms with E-state index in [4.69, 9.17) is 4.74 Å². The zero-order chi connectivity index (χ0) is 13.1. The molecule has 0 aliphatic heterocycles. The van der Waals surface area contributed by atoms with Crippen molar-refractivity contribution in [3.05, 3.63) is 35.4 Å². The van der Waals surface area contributed by atoms with Gasteiger partial charge in [0, 0.05) is 11.0 Å². The lowest BCUT2D eigenvalue weighted by molar-refractivity contribution is 0.0526. The van der Waals surface area contributed by atoms with E-state index < -0.39 is 11.4 Å². The van der Waals surface area contributed by atoms with Crippen LogP contribution < -0.4 is 0 Å². The molecule has 0 atom stereocenters. The Morgan fingerprint density at radius 1 is 1.18 bits per heavy atom. The smallest absolute Gasteiger partial charge is 0.338 e. The third-order valence-corrected chi connectivity index (χ3v) is 2.32. The molecule has 0 saturated heterocycles. The van der Waals surface area contributed by atoms with Gasteiger partial charge in [-0.25, -0.2) is 4.79 Å². The number of carbonyl (C=O) groups excluding carboxylic acids is 2. The van der Waals surface area contributed by atoms with Gasteiger partial charge in [0.15, 0.2) is 5.78 Å². The van der Waals surface area contributed by atoms with E-state index in [1.807, 2.05) is 20.8 Å². The van der Waals surface area contributed by atoms with E-state index in [-0.39, 0.29) is 5.78 Å². The molecule has 0 aromatic heterocycles. The normalized spacial score (nSPS) is 11.1. The van der Waals surface area contributed by atoms with Crippen molar-refractivity contribution in [2.45, 2.75) is 27.7 Å². The molecule has 0 aliphatic carbocycles. The van der Waals surface area contributed by atoms with Gasteiger partial charge in [0.25, 0.3) is 0 Å². The topological polar surface area (TPSA) is 43.4 Å². The second-order valence-electron chi connectivity index (χ2n) is 4.88. The average Bonchev–Trinajstić information content (AvgIpc) is 2.27. The molecular weight excluding hydrogens is 216 g/mol. The van der Waals surface area contributed by atoms with E-state index in [0.717, 1.165) is 0 Å². The first kappa shape index (κ1) is 13.4. The minimum atomic E-state index is -0.451. The predicted octanol–water partition coefficient (Wildman–Crippen LogP) is 3.09. The fourth-order valence-electron chi connectivity index (χ4n) is 1.43. The summed E-state index contributed by atoms with van der Waals surface area (Å²) in [6.45, 7) is 7.64. The van der Waals surface area contributed by atoms with Crippen LogP contribution in [0.15, 0.2) is 24.3 Å². The molecule has 0 radical (unpaired) electrons. The van der Waals surface area contributed by atoms with Crippen LogP contribution in [0.25, 0.3) is 0 Å². The Hall–Kier alpha value is -1.64. The van der Waals surface area contributed by atoms with Crippen LogP contribution in [0.1, 0.15) is 48.4 Å². The molecule has 17 heavy (non-hydrogen) atoms. The van der Waals surface area contributed by atoms with Crippen LogP contribution in [0.2, 0.25) is 0 Å². The van der Waals surface area contributed by atoms with Crippen molar-refractivity contribution >= 4 is 11.8 Å². The maximum atomic E-state index is 12.0. The minimum Gasteiger partial charge on any atom is -0.462 e. The Kier molecular flexibility index (Phi) is 4.05. The maximum absolute atomic E-state index is 12.0. The number of hydrogen-bond donors (Lipinski definition) is 0. The van der Waals surface area contributed by atoms with E-state index in [1.54, 1.807) is 31.2 Å². The van der Waals surface area contributed by atoms with Crippen LogP contribution in [-0.4, -0.2) is 18.4 Å². The third kappa shape index (κ3) is 3.41. The highest BCUT2D eigenvalue weighted by molar-refractivity contribution is 6.01. The molecule has 0 spiro atoms. The molecule has 3 nitrogen and oxygen atoms in total. The van der Waals surface area contributed by atoms with Gasteiger partial charge in [-0.15, -0.1) is 0 Å². The number of hydrogen-bond acceptors (Lipinski definition) is 3. The molecule has 1 aromatic carbocycles. The molecular formula is C14H18O3. The molecule has 0 N–H and O–H groups in total. The zero-order valence-electron chi connectivity index (χ0n) is 10.7. The van der Waals surface area contributed by atoms with Gasteiger partial charge in [0.2, 0.25) is 0 Å². The number of ketones is 1. The van der Waals surface area contributed by atoms with Crippen molar-refractivity contribution in [2.24, 2.45) is 5.41 Å². The zero-order valence-corrected chi connectivity index (χ0v) is 10.7. The summed E-state index contributed by atoms with van der Waals surface area (Å²) < 4.78 is 4.90. The quantitative estimate of drug-likeness (QED) is 0.596. The highest BCUT2D eigenvalue weighted by Gasteiger charge is 2.23. The van der Waals surface area contributed by atoms with Crippen LogP contribution in [0.4, 0.5) is 0 Å². The highest BCUT2D eigenvalue weighted by Crippen LogP contribution is 2.21. The van der Waals surface area contributed by atoms with E-state index in [9.17, 15) is 9.59 Å². The van der Waals surface area contributed by atoms with Crippen LogP contribution in [0, 0.1) is 5.41 Å². The van der Waals surface area contributed by atoms with Gasteiger partial charge in [-0.3, -0.25) is 4.79 Å². The van der Waals surface area contributed by atoms with Crippen molar-refractivity contribution in [2.75, 3.05) is 6.61 Å². The molecule has 1 rings (SSSR count). The molecule has 0 fully saturated rings. The number of rotatable bonds is 3. The van der Waals surface area contributed by atoms with Gasteiger partial charge in [-0.2, -0.15) is 0 Å². The Labute approximate surface area is 102 Å². The summed E-state index contributed by atoms with van der Waals surface area (Å²) >= 11 is 0. The lowest BCUT2D eigenvalue weighted by atomic mass is 9.86. The van der Waals surface area contributed by atoms with Gasteiger partial charge in [-0.1, -0.05) is 32.9 Å². The van der Waals surface area contributed by atoms with Crippen LogP contribution >= 0.6 is 0 Å². The van der Waals surface area contributed by atoms with Crippen LogP contribution in [-0.2, 0) is 4.74 Å². The third-order valence-electron chi connectivity index (χ3n) is 2.32. The largest absolute Gasteiger partial charge is 0.462 e. The van der Waals surface area contributed by atoms with Gasteiger partial charge in [0.1, 0.15) is 0 Å². The summed E-state index contributed by atoms with van der Waals surface area (Å²) in [6.07, 6.45) is 0. The Bertz CT molecular complexity index is 427. The summed E-state index contributed by atoms with van der Waals surface area (Å²) in [7, 11) is 0. The number of benzene rings is 1. The summed E-state index contributed by atoms with van der Waals surface area (Å²) in [6, 6.07) is 6.66. The monoisotopic (exact) mass is 234 g/mol.